The Hall–Kier alpha value is -1.52. The standard InChI is InChI=1S/C15H9BrClFN2/c1-8-2-4-10(18)7-11(8)15-19-13-5-3-9(16)6-12(13)14(17)20-15/h2-7H,1H3. The summed E-state index contributed by atoms with van der Waals surface area (Å²) in [5.41, 5.74) is 2.28. The maximum atomic E-state index is 13.4. The fraction of sp³-hybridized carbons (Fsp3) is 0.0667. The minimum atomic E-state index is -0.318. The van der Waals surface area contributed by atoms with Gasteiger partial charge in [-0.1, -0.05) is 33.6 Å². The van der Waals surface area contributed by atoms with Gasteiger partial charge in [0.1, 0.15) is 11.0 Å². The quantitative estimate of drug-likeness (QED) is 0.566. The van der Waals surface area contributed by atoms with E-state index in [0.29, 0.717) is 16.5 Å². The molecular weight excluding hydrogens is 343 g/mol. The van der Waals surface area contributed by atoms with Gasteiger partial charge in [0.15, 0.2) is 5.82 Å². The molecule has 0 aliphatic carbocycles. The molecule has 0 saturated carbocycles. The third kappa shape index (κ3) is 2.41. The van der Waals surface area contributed by atoms with Crippen LogP contribution in [0.2, 0.25) is 5.15 Å². The van der Waals surface area contributed by atoms with Crippen molar-refractivity contribution in [1.82, 2.24) is 9.97 Å². The molecule has 0 N–H and O–H groups in total. The van der Waals surface area contributed by atoms with Crippen molar-refractivity contribution >= 4 is 38.4 Å². The van der Waals surface area contributed by atoms with Crippen LogP contribution in [0.5, 0.6) is 0 Å². The Kier molecular flexibility index (Phi) is 3.44. The van der Waals surface area contributed by atoms with Gasteiger partial charge in [0.05, 0.1) is 5.52 Å². The van der Waals surface area contributed by atoms with Crippen molar-refractivity contribution in [3.63, 3.8) is 0 Å². The number of halogens is 3. The van der Waals surface area contributed by atoms with Gasteiger partial charge in [-0.3, -0.25) is 0 Å². The van der Waals surface area contributed by atoms with Crippen molar-refractivity contribution in [3.8, 4) is 11.4 Å². The minimum Gasteiger partial charge on any atom is -0.228 e. The van der Waals surface area contributed by atoms with Gasteiger partial charge in [-0.05, 0) is 42.8 Å². The molecular formula is C15H9BrClFN2. The Bertz CT molecular complexity index is 820. The van der Waals surface area contributed by atoms with E-state index < -0.39 is 0 Å². The normalized spacial score (nSPS) is 11.0. The zero-order valence-electron chi connectivity index (χ0n) is 10.5. The molecule has 2 aromatic carbocycles. The maximum absolute atomic E-state index is 13.4. The number of hydrogen-bond acceptors (Lipinski definition) is 2. The summed E-state index contributed by atoms with van der Waals surface area (Å²) in [4.78, 5) is 8.75. The molecule has 3 aromatic rings. The number of aromatic nitrogens is 2. The average Bonchev–Trinajstić information content (AvgIpc) is 2.42. The zero-order chi connectivity index (χ0) is 14.3. The number of hydrogen-bond donors (Lipinski definition) is 0. The van der Waals surface area contributed by atoms with Crippen LogP contribution in [0.25, 0.3) is 22.3 Å². The summed E-state index contributed by atoms with van der Waals surface area (Å²) in [5, 5.41) is 1.12. The monoisotopic (exact) mass is 350 g/mol. The van der Waals surface area contributed by atoms with E-state index >= 15 is 0 Å². The molecule has 0 fully saturated rings. The first-order valence-corrected chi connectivity index (χ1v) is 7.11. The van der Waals surface area contributed by atoms with Gasteiger partial charge >= 0.3 is 0 Å². The average molecular weight is 352 g/mol. The van der Waals surface area contributed by atoms with Crippen LogP contribution in [0.4, 0.5) is 4.39 Å². The van der Waals surface area contributed by atoms with Crippen molar-refractivity contribution < 1.29 is 4.39 Å². The molecule has 0 aliphatic rings. The van der Waals surface area contributed by atoms with E-state index in [9.17, 15) is 4.39 Å². The summed E-state index contributed by atoms with van der Waals surface area (Å²) in [6, 6.07) is 10.1. The molecule has 3 rings (SSSR count). The number of fused-ring (bicyclic) bond motifs is 1. The highest BCUT2D eigenvalue weighted by atomic mass is 79.9. The predicted octanol–water partition coefficient (Wildman–Crippen LogP) is 5.16. The van der Waals surface area contributed by atoms with Crippen LogP contribution in [0.15, 0.2) is 40.9 Å². The summed E-state index contributed by atoms with van der Waals surface area (Å²) in [6.45, 7) is 1.89. The second-order valence-corrected chi connectivity index (χ2v) is 5.73. The van der Waals surface area contributed by atoms with Crippen LogP contribution >= 0.6 is 27.5 Å². The molecule has 0 amide bonds. The van der Waals surface area contributed by atoms with Crippen LogP contribution < -0.4 is 0 Å². The molecule has 100 valence electrons. The van der Waals surface area contributed by atoms with E-state index in [0.717, 1.165) is 20.9 Å². The van der Waals surface area contributed by atoms with E-state index in [1.54, 1.807) is 6.07 Å². The van der Waals surface area contributed by atoms with Crippen LogP contribution in [-0.4, -0.2) is 9.97 Å². The van der Waals surface area contributed by atoms with Gasteiger partial charge in [0, 0.05) is 15.4 Å². The number of aryl methyl sites for hydroxylation is 1. The molecule has 0 saturated heterocycles. The summed E-state index contributed by atoms with van der Waals surface area (Å²) < 4.78 is 14.3. The summed E-state index contributed by atoms with van der Waals surface area (Å²) >= 11 is 9.60. The second-order valence-electron chi connectivity index (χ2n) is 4.46. The van der Waals surface area contributed by atoms with Gasteiger partial charge in [0.25, 0.3) is 0 Å². The first kappa shape index (κ1) is 13.5. The Morgan fingerprint density at radius 2 is 1.90 bits per heavy atom. The van der Waals surface area contributed by atoms with Crippen LogP contribution in [0.3, 0.4) is 0 Å². The molecule has 0 spiro atoms. The van der Waals surface area contributed by atoms with E-state index in [1.165, 1.54) is 12.1 Å². The highest BCUT2D eigenvalue weighted by Crippen LogP contribution is 2.28. The molecule has 2 nitrogen and oxygen atoms in total. The predicted molar refractivity (Wildman–Crippen MR) is 82.4 cm³/mol. The molecule has 1 aromatic heterocycles. The Morgan fingerprint density at radius 1 is 1.10 bits per heavy atom. The molecule has 5 heteroatoms. The van der Waals surface area contributed by atoms with E-state index in [1.807, 2.05) is 25.1 Å². The van der Waals surface area contributed by atoms with E-state index in [4.69, 9.17) is 11.6 Å². The highest BCUT2D eigenvalue weighted by Gasteiger charge is 2.11. The third-order valence-electron chi connectivity index (χ3n) is 3.05. The van der Waals surface area contributed by atoms with Gasteiger partial charge in [-0.15, -0.1) is 0 Å². The van der Waals surface area contributed by atoms with Gasteiger partial charge < -0.3 is 0 Å². The molecule has 0 unspecified atom stereocenters. The fourth-order valence-electron chi connectivity index (χ4n) is 2.02. The van der Waals surface area contributed by atoms with Crippen molar-refractivity contribution in [3.05, 3.63) is 57.4 Å². The van der Waals surface area contributed by atoms with Crippen LogP contribution in [0.1, 0.15) is 5.56 Å². The largest absolute Gasteiger partial charge is 0.228 e. The fourth-order valence-corrected chi connectivity index (χ4v) is 2.61. The van der Waals surface area contributed by atoms with Crippen molar-refractivity contribution in [1.29, 1.82) is 0 Å². The molecule has 20 heavy (non-hydrogen) atoms. The van der Waals surface area contributed by atoms with Crippen molar-refractivity contribution in [2.45, 2.75) is 6.92 Å². The molecule has 0 radical (unpaired) electrons. The summed E-state index contributed by atoms with van der Waals surface area (Å²) in [6.07, 6.45) is 0. The molecule has 0 aliphatic heterocycles. The molecule has 0 bridgehead atoms. The molecule has 0 atom stereocenters. The lowest BCUT2D eigenvalue weighted by atomic mass is 10.1. The maximum Gasteiger partial charge on any atom is 0.161 e. The van der Waals surface area contributed by atoms with Crippen LogP contribution in [-0.2, 0) is 0 Å². The molecule has 1 heterocycles. The van der Waals surface area contributed by atoms with E-state index in [-0.39, 0.29) is 5.82 Å². The van der Waals surface area contributed by atoms with Crippen molar-refractivity contribution in [2.24, 2.45) is 0 Å². The Morgan fingerprint density at radius 3 is 2.70 bits per heavy atom. The summed E-state index contributed by atoms with van der Waals surface area (Å²) in [7, 11) is 0. The van der Waals surface area contributed by atoms with Crippen LogP contribution in [0, 0.1) is 12.7 Å². The first-order valence-electron chi connectivity index (χ1n) is 5.94. The minimum absolute atomic E-state index is 0.318. The van der Waals surface area contributed by atoms with Gasteiger partial charge in [-0.2, -0.15) is 0 Å². The lowest BCUT2D eigenvalue weighted by Gasteiger charge is -2.07. The number of rotatable bonds is 1. The van der Waals surface area contributed by atoms with Crippen molar-refractivity contribution in [2.75, 3.05) is 0 Å². The van der Waals surface area contributed by atoms with E-state index in [2.05, 4.69) is 25.9 Å². The lowest BCUT2D eigenvalue weighted by molar-refractivity contribution is 0.628. The van der Waals surface area contributed by atoms with Gasteiger partial charge in [0.2, 0.25) is 0 Å². The number of benzene rings is 2. The third-order valence-corrected chi connectivity index (χ3v) is 3.83. The number of nitrogens with zero attached hydrogens (tertiary/aromatic N) is 2. The van der Waals surface area contributed by atoms with Gasteiger partial charge in [-0.25, -0.2) is 14.4 Å². The lowest BCUT2D eigenvalue weighted by Crippen LogP contribution is -1.94. The zero-order valence-corrected chi connectivity index (χ0v) is 12.8. The second kappa shape index (κ2) is 5.11. The topological polar surface area (TPSA) is 25.8 Å². The SMILES string of the molecule is Cc1ccc(F)cc1-c1nc(Cl)c2cc(Br)ccc2n1. The smallest absolute Gasteiger partial charge is 0.161 e. The Balaban J connectivity index is 2.27. The Labute approximate surface area is 128 Å². The first-order chi connectivity index (χ1) is 9.54. The summed E-state index contributed by atoms with van der Waals surface area (Å²) in [5.74, 6) is 0.114. The highest BCUT2D eigenvalue weighted by molar-refractivity contribution is 9.10.